The Morgan fingerprint density at radius 1 is 0.219 bits per heavy atom. The molecule has 55 atom stereocenters. The highest BCUT2D eigenvalue weighted by Gasteiger charge is 2.63. The molecule has 1 unspecified atom stereocenters. The molecule has 0 aromatic rings. The summed E-state index contributed by atoms with van der Waals surface area (Å²) in [6, 6.07) is -6.12. The zero-order chi connectivity index (χ0) is 94.1. The van der Waals surface area contributed by atoms with Gasteiger partial charge in [-0.3, -0.25) is 14.4 Å². The van der Waals surface area contributed by atoms with Crippen LogP contribution in [0.4, 0.5) is 0 Å². The average Bonchev–Trinajstić information content (AvgIpc) is 0.754. The molecule has 0 aromatic carbocycles. The molecule has 11 saturated heterocycles. The van der Waals surface area contributed by atoms with Crippen molar-refractivity contribution in [3.05, 3.63) is 0 Å². The molecule has 0 radical (unpaired) electrons. The molecule has 0 aliphatic carbocycles. The molecule has 11 fully saturated rings. The molecule has 56 nitrogen and oxygen atoms in total. The second-order valence-corrected chi connectivity index (χ2v) is 33.0. The largest absolute Gasteiger partial charge is 0.394 e. The van der Waals surface area contributed by atoms with Gasteiger partial charge in [-0.25, -0.2) is 0 Å². The molecule has 3 amide bonds. The Labute approximate surface area is 725 Å². The quantitative estimate of drug-likeness (QED) is 0.0306. The van der Waals surface area contributed by atoms with E-state index in [0.717, 1.165) is 20.8 Å². The zero-order valence-corrected chi connectivity index (χ0v) is 69.2. The lowest BCUT2D eigenvalue weighted by Crippen LogP contribution is -2.72. The van der Waals surface area contributed by atoms with Crippen LogP contribution in [0.1, 0.15) is 41.5 Å². The van der Waals surface area contributed by atoms with Crippen molar-refractivity contribution in [3.8, 4) is 0 Å². The minimum atomic E-state index is -2.58. The van der Waals surface area contributed by atoms with Gasteiger partial charge in [-0.05, 0) is 20.8 Å². The van der Waals surface area contributed by atoms with Crippen LogP contribution in [0.15, 0.2) is 0 Å². The van der Waals surface area contributed by atoms with Crippen molar-refractivity contribution in [3.63, 3.8) is 0 Å². The summed E-state index contributed by atoms with van der Waals surface area (Å²) in [6.45, 7) is -2.96. The molecule has 742 valence electrons. The van der Waals surface area contributed by atoms with Crippen molar-refractivity contribution in [2.45, 2.75) is 379 Å². The van der Waals surface area contributed by atoms with Gasteiger partial charge in [-0.1, -0.05) is 0 Å². The van der Waals surface area contributed by atoms with E-state index in [9.17, 15) is 162 Å². The van der Waals surface area contributed by atoms with E-state index in [1.54, 1.807) is 0 Å². The van der Waals surface area contributed by atoms with Crippen molar-refractivity contribution < 1.29 is 262 Å². The first-order valence-corrected chi connectivity index (χ1v) is 41.2. The van der Waals surface area contributed by atoms with E-state index < -0.39 is 408 Å². The van der Waals surface area contributed by atoms with Crippen molar-refractivity contribution in [1.82, 2.24) is 16.0 Å². The first kappa shape index (κ1) is 105. The number of rotatable bonds is 31. The number of nitrogens with one attached hydrogen (secondary N) is 3. The number of hydrogen-bond acceptors (Lipinski definition) is 53. The van der Waals surface area contributed by atoms with Crippen LogP contribution in [0, 0.1) is 0 Å². The molecule has 11 rings (SSSR count). The van der Waals surface area contributed by atoms with E-state index in [2.05, 4.69) is 16.0 Å². The monoisotopic (exact) mass is 1880 g/mol. The van der Waals surface area contributed by atoms with E-state index in [0.29, 0.717) is 0 Å². The fourth-order valence-electron chi connectivity index (χ4n) is 16.8. The van der Waals surface area contributed by atoms with Crippen LogP contribution in [0.5, 0.6) is 0 Å². The second kappa shape index (κ2) is 45.1. The summed E-state index contributed by atoms with van der Waals surface area (Å²) in [5, 5.41) is 332. The van der Waals surface area contributed by atoms with Crippen LogP contribution in [0.3, 0.4) is 0 Å². The maximum Gasteiger partial charge on any atom is 0.217 e. The van der Waals surface area contributed by atoms with Crippen LogP contribution in [-0.4, -0.2) is 556 Å². The molecule has 32 N–H and O–H groups in total. The summed E-state index contributed by atoms with van der Waals surface area (Å²) in [6.07, 6.45) is -109. The lowest BCUT2D eigenvalue weighted by Gasteiger charge is -2.52. The van der Waals surface area contributed by atoms with Gasteiger partial charge in [0.05, 0.1) is 71.2 Å². The maximum absolute atomic E-state index is 13.8. The third-order valence-corrected chi connectivity index (χ3v) is 24.1. The summed E-state index contributed by atoms with van der Waals surface area (Å²) >= 11 is 0. The number of carbonyl (C=O) groups is 3. The number of aliphatic hydroxyl groups excluding tert-OH is 29. The highest BCUT2D eigenvalue weighted by molar-refractivity contribution is 5.74. The molecule has 56 heteroatoms. The van der Waals surface area contributed by atoms with Gasteiger partial charge in [-0.2, -0.15) is 0 Å². The molecule has 11 aliphatic rings. The molecule has 11 aliphatic heterocycles. The lowest BCUT2D eigenvalue weighted by molar-refractivity contribution is -0.402. The summed E-state index contributed by atoms with van der Waals surface area (Å²) in [5.74, 6) is -3.06. The van der Waals surface area contributed by atoms with E-state index in [1.165, 1.54) is 20.8 Å². The summed E-state index contributed by atoms with van der Waals surface area (Å²) in [7, 11) is 0. The predicted molar refractivity (Wildman–Crippen MR) is 393 cm³/mol. The Balaban J connectivity index is 0.945. The highest BCUT2D eigenvalue weighted by atomic mass is 16.8. The summed E-state index contributed by atoms with van der Waals surface area (Å²) in [5.41, 5.74) is 0. The Hall–Kier alpha value is -3.59. The standard InChI is InChI=1S/C72H121N3O53/c1-15-32(86)40(94)47(101)66(109-15)121-55-27(13-82)118-65(31(75-20(6)85)58(55)125-72-61(44(98)36(90)22(8-77)116-72)128-68-49(103)42(96)34(88)17(3)111-68)127-60-39(93)28(119-71(52(60)106)120-53-25(11-80)112-62(107)46(100)45(53)99)14-108-63-30(74-19(5)84)57(124-67-48(102)41(95)33(87)16(2)110-67)54(26(12-81)117-63)122-70-51(105)59(38(92)24(10-79)115-70)126-64-29(73-18(4)83)56(37(91)23(9-78)113-64)123-69-50(104)43(97)35(89)21(7-76)114-69/h15-17,21-72,76-82,86-107H,7-14H2,1-6H3,(H,73,83)(H,74,84)(H,75,85)/t15-,16-,17-,21+,22+,23+,24+,25+,26+,27+,28+,29+,30+,31-,32+,33+,34+,35-,36-,37+,38-,39-,40+,41+,42+,43-,44-,45+,46+,47-,48-,49-,50+,51+,52+,53+,54+,55+,56+,57+,58+,59-,60-,61+,62?,63+,64-,65-,66-,67-,68-,69-,70-,71-,72-/m0/s1. The predicted octanol–water partition coefficient (Wildman–Crippen LogP) is -21.5. The van der Waals surface area contributed by atoms with Gasteiger partial charge in [0.25, 0.3) is 0 Å². The molecule has 11 heterocycles. The molecular weight excluding hydrogens is 1750 g/mol. The van der Waals surface area contributed by atoms with Crippen molar-refractivity contribution in [2.75, 3.05) is 52.9 Å². The van der Waals surface area contributed by atoms with Gasteiger partial charge in [0.2, 0.25) is 17.7 Å². The summed E-state index contributed by atoms with van der Waals surface area (Å²) in [4.78, 5) is 40.6. The minimum Gasteiger partial charge on any atom is -0.394 e. The van der Waals surface area contributed by atoms with E-state index in [1.807, 2.05) is 0 Å². The number of ether oxygens (including phenoxy) is 21. The third-order valence-electron chi connectivity index (χ3n) is 24.1. The molecule has 0 saturated carbocycles. The van der Waals surface area contributed by atoms with Gasteiger partial charge < -0.3 is 264 Å². The maximum atomic E-state index is 13.8. The van der Waals surface area contributed by atoms with Gasteiger partial charge in [-0.15, -0.1) is 0 Å². The Kier molecular flexibility index (Phi) is 37.0. The number of hydrogen-bond donors (Lipinski definition) is 32. The Bertz CT molecular complexity index is 3460. The normalized spacial score (nSPS) is 51.6. The molecular formula is C72H121N3O53. The van der Waals surface area contributed by atoms with Gasteiger partial charge in [0, 0.05) is 20.8 Å². The van der Waals surface area contributed by atoms with Gasteiger partial charge in [0.15, 0.2) is 69.2 Å². The van der Waals surface area contributed by atoms with Crippen molar-refractivity contribution in [2.24, 2.45) is 0 Å². The van der Waals surface area contributed by atoms with Crippen LogP contribution in [0.25, 0.3) is 0 Å². The zero-order valence-electron chi connectivity index (χ0n) is 69.2. The van der Waals surface area contributed by atoms with Crippen molar-refractivity contribution >= 4 is 17.7 Å². The third kappa shape index (κ3) is 22.5. The van der Waals surface area contributed by atoms with Crippen LogP contribution in [-0.2, 0) is 114 Å². The van der Waals surface area contributed by atoms with E-state index in [4.69, 9.17) is 99.5 Å². The van der Waals surface area contributed by atoms with Crippen LogP contribution < -0.4 is 16.0 Å². The topological polar surface area (TPSA) is 868 Å². The van der Waals surface area contributed by atoms with Crippen LogP contribution in [0.2, 0.25) is 0 Å². The SMILES string of the molecule is CC(=O)N[C@@H]1[C@H](O[C@H]2[C@@H](O)[C@@H](CO[C@@H]3O[C@H](CO)[C@@H](O[C@@H]4O[C@H](CO)[C@H](O)[C@H](O[C@@H]5O[C@H](CO)[C@@H](O)[C@H](O[C@@H]6O[C@H](CO)[C@H](O)[C@H](O)[C@H]6O)[C@H]5NC(C)=O)[C@H]4O)[C@H](O[C@@H]4O[C@@H](C)[C@@H](O)[C@@H](O)[C@@H]4O)[C@H]3NC(C)=O)O[C@@H](O[C@H]3[C@H](O)[C@@H](O)C(O)O[C@@H]3CO)[C@@H]2O)O[C@H](CO)[C@@H](O[C@@H]2O[C@@H](C)[C@@H](O)[C@@H](O)[C@@H]2O)[C@@H]1O[C@@H]1O[C@H](CO)[C@H](O)[C@H](O)[C@H]1O[C@@H]1O[C@@H](C)[C@@H](O)[C@@H](O)[C@@H]1O. The Morgan fingerprint density at radius 3 is 0.891 bits per heavy atom. The van der Waals surface area contributed by atoms with E-state index >= 15 is 0 Å². The average molecular weight is 1880 g/mol. The smallest absolute Gasteiger partial charge is 0.217 e. The fourth-order valence-corrected chi connectivity index (χ4v) is 16.8. The molecule has 0 bridgehead atoms. The number of aliphatic hydroxyl groups is 29. The van der Waals surface area contributed by atoms with E-state index in [-0.39, 0.29) is 0 Å². The first-order chi connectivity index (χ1) is 60.5. The molecule has 0 spiro atoms. The fraction of sp³-hybridized carbons (Fsp3) is 0.958. The number of carbonyl (C=O) groups excluding carboxylic acids is 3. The molecule has 0 aromatic heterocycles. The molecule has 128 heavy (non-hydrogen) atoms. The number of amides is 3. The summed E-state index contributed by atoms with van der Waals surface area (Å²) < 4.78 is 127. The lowest BCUT2D eigenvalue weighted by atomic mass is 9.93. The van der Waals surface area contributed by atoms with Gasteiger partial charge in [0.1, 0.15) is 250 Å². The first-order valence-electron chi connectivity index (χ1n) is 41.2. The highest BCUT2D eigenvalue weighted by Crippen LogP contribution is 2.43. The van der Waals surface area contributed by atoms with Crippen molar-refractivity contribution in [1.29, 1.82) is 0 Å². The Morgan fingerprint density at radius 2 is 0.477 bits per heavy atom. The minimum absolute atomic E-state index is 0.886. The van der Waals surface area contributed by atoms with Crippen LogP contribution >= 0.6 is 0 Å². The second-order valence-electron chi connectivity index (χ2n) is 33.0. The van der Waals surface area contributed by atoms with Gasteiger partial charge >= 0.3 is 0 Å².